The Kier molecular flexibility index (Phi) is 6.26. The summed E-state index contributed by atoms with van der Waals surface area (Å²) in [5, 5.41) is 11.9. The molecular weight excluding hydrogens is 361 g/mol. The minimum atomic E-state index is -1.20. The number of amides is 1. The molecule has 0 spiro atoms. The van der Waals surface area contributed by atoms with Crippen molar-refractivity contribution in [1.82, 2.24) is 10.2 Å². The van der Waals surface area contributed by atoms with Crippen molar-refractivity contribution in [3.8, 4) is 0 Å². The number of carbonyl (C=O) groups excluding carboxylic acids is 1. The summed E-state index contributed by atoms with van der Waals surface area (Å²) in [5.41, 5.74) is 1.01. The summed E-state index contributed by atoms with van der Waals surface area (Å²) in [6.07, 6.45) is 0. The van der Waals surface area contributed by atoms with Crippen LogP contribution in [0.2, 0.25) is 0 Å². The van der Waals surface area contributed by atoms with E-state index < -0.39 is 23.7 Å². The number of benzene rings is 2. The first-order valence-corrected chi connectivity index (χ1v) is 9.35. The molecule has 28 heavy (non-hydrogen) atoms. The highest BCUT2D eigenvalue weighted by atomic mass is 19.1. The summed E-state index contributed by atoms with van der Waals surface area (Å²) in [5.74, 6) is -2.29. The Balaban J connectivity index is 1.72. The second-order valence-corrected chi connectivity index (χ2v) is 6.74. The Morgan fingerprint density at radius 3 is 2.36 bits per heavy atom. The zero-order valence-electron chi connectivity index (χ0n) is 15.8. The first-order valence-electron chi connectivity index (χ1n) is 9.35. The molecule has 1 atom stereocenters. The monoisotopic (exact) mass is 385 g/mol. The summed E-state index contributed by atoms with van der Waals surface area (Å²) in [6, 6.07) is 11.5. The van der Waals surface area contributed by atoms with Crippen molar-refractivity contribution in [3.05, 3.63) is 65.5 Å². The van der Waals surface area contributed by atoms with E-state index >= 15 is 0 Å². The Labute approximate surface area is 163 Å². The summed E-state index contributed by atoms with van der Waals surface area (Å²) in [4.78, 5) is 28.3. The van der Waals surface area contributed by atoms with Crippen LogP contribution in [0.3, 0.4) is 0 Å². The number of hydrogen-bond donors (Lipinski definition) is 2. The second-order valence-electron chi connectivity index (χ2n) is 6.74. The van der Waals surface area contributed by atoms with Gasteiger partial charge in [0.25, 0.3) is 5.91 Å². The van der Waals surface area contributed by atoms with Gasteiger partial charge in [-0.1, -0.05) is 37.3 Å². The number of carboxylic acid groups (broad SMARTS) is 1. The maximum Gasteiger partial charge on any atom is 0.330 e. The fraction of sp³-hybridized carbons (Fsp3) is 0.333. The minimum Gasteiger partial charge on any atom is -0.479 e. The zero-order chi connectivity index (χ0) is 20.1. The van der Waals surface area contributed by atoms with Crippen molar-refractivity contribution >= 4 is 17.6 Å². The Morgan fingerprint density at radius 1 is 1.11 bits per heavy atom. The van der Waals surface area contributed by atoms with Crippen LogP contribution in [-0.2, 0) is 4.79 Å². The van der Waals surface area contributed by atoms with E-state index in [1.165, 1.54) is 12.1 Å². The van der Waals surface area contributed by atoms with Gasteiger partial charge in [0.15, 0.2) is 6.04 Å². The first kappa shape index (κ1) is 19.8. The zero-order valence-corrected chi connectivity index (χ0v) is 15.8. The fourth-order valence-electron chi connectivity index (χ4n) is 3.36. The summed E-state index contributed by atoms with van der Waals surface area (Å²) >= 11 is 0. The number of piperazine rings is 1. The molecule has 1 fully saturated rings. The topological polar surface area (TPSA) is 72.9 Å². The Morgan fingerprint density at radius 2 is 1.79 bits per heavy atom. The highest BCUT2D eigenvalue weighted by molar-refractivity contribution is 5.97. The highest BCUT2D eigenvalue weighted by Crippen LogP contribution is 2.23. The van der Waals surface area contributed by atoms with Crippen molar-refractivity contribution in [2.45, 2.75) is 13.0 Å². The molecule has 3 rings (SSSR count). The van der Waals surface area contributed by atoms with Gasteiger partial charge in [-0.2, -0.15) is 0 Å². The molecule has 1 aliphatic rings. The van der Waals surface area contributed by atoms with E-state index in [4.69, 9.17) is 0 Å². The van der Waals surface area contributed by atoms with Crippen LogP contribution < -0.4 is 10.2 Å². The number of rotatable bonds is 6. The van der Waals surface area contributed by atoms with Crippen molar-refractivity contribution in [3.63, 3.8) is 0 Å². The Hall–Kier alpha value is -2.93. The molecule has 1 heterocycles. The van der Waals surface area contributed by atoms with Gasteiger partial charge in [0.1, 0.15) is 5.82 Å². The van der Waals surface area contributed by atoms with E-state index in [9.17, 15) is 19.1 Å². The molecule has 0 bridgehead atoms. The number of carbonyl (C=O) groups is 2. The molecule has 6 nitrogen and oxygen atoms in total. The third-order valence-corrected chi connectivity index (χ3v) is 5.03. The largest absolute Gasteiger partial charge is 0.479 e. The quantitative estimate of drug-likeness (QED) is 0.800. The number of carboxylic acids is 1. The van der Waals surface area contributed by atoms with Gasteiger partial charge >= 0.3 is 5.97 Å². The van der Waals surface area contributed by atoms with Gasteiger partial charge in [-0.25, -0.2) is 9.18 Å². The van der Waals surface area contributed by atoms with Gasteiger partial charge in [-0.05, 0) is 30.3 Å². The predicted octanol–water partition coefficient (Wildman–Crippen LogP) is 2.52. The van der Waals surface area contributed by atoms with Gasteiger partial charge in [-0.15, -0.1) is 0 Å². The SMILES string of the molecule is CCN1CCN(c2ccc(C(=O)N[C@H](C(=O)O)c3ccccc3)cc2F)CC1. The van der Waals surface area contributed by atoms with Gasteiger partial charge < -0.3 is 20.2 Å². The normalized spacial score (nSPS) is 15.9. The molecule has 0 radical (unpaired) electrons. The van der Waals surface area contributed by atoms with E-state index in [-0.39, 0.29) is 5.56 Å². The highest BCUT2D eigenvalue weighted by Gasteiger charge is 2.24. The summed E-state index contributed by atoms with van der Waals surface area (Å²) in [6.45, 7) is 6.27. The van der Waals surface area contributed by atoms with Crippen LogP contribution in [0.5, 0.6) is 0 Å². The van der Waals surface area contributed by atoms with Crippen molar-refractivity contribution in [1.29, 1.82) is 0 Å². The maximum absolute atomic E-state index is 14.6. The van der Waals surface area contributed by atoms with E-state index in [0.717, 1.165) is 32.7 Å². The molecule has 1 saturated heterocycles. The van der Waals surface area contributed by atoms with Gasteiger partial charge in [0, 0.05) is 31.7 Å². The van der Waals surface area contributed by atoms with Gasteiger partial charge in [-0.3, -0.25) is 4.79 Å². The van der Waals surface area contributed by atoms with Crippen LogP contribution in [0.1, 0.15) is 28.9 Å². The molecule has 1 aliphatic heterocycles. The average Bonchev–Trinajstić information content (AvgIpc) is 2.72. The molecule has 2 aromatic carbocycles. The standard InChI is InChI=1S/C21H24FN3O3/c1-2-24-10-12-25(13-11-24)18-9-8-16(14-17(18)22)20(26)23-19(21(27)28)15-6-4-3-5-7-15/h3-9,14,19H,2,10-13H2,1H3,(H,23,26)(H,27,28)/t19-/m0/s1. The predicted molar refractivity (Wildman–Crippen MR) is 105 cm³/mol. The Bertz CT molecular complexity index is 836. The smallest absolute Gasteiger partial charge is 0.330 e. The van der Waals surface area contributed by atoms with Crippen molar-refractivity contribution in [2.75, 3.05) is 37.6 Å². The van der Waals surface area contributed by atoms with Crippen LogP contribution in [-0.4, -0.2) is 54.6 Å². The molecule has 2 aromatic rings. The lowest BCUT2D eigenvalue weighted by molar-refractivity contribution is -0.139. The molecule has 2 N–H and O–H groups in total. The van der Waals surface area contributed by atoms with Crippen LogP contribution in [0.25, 0.3) is 0 Å². The number of nitrogens with one attached hydrogen (secondary N) is 1. The van der Waals surface area contributed by atoms with Crippen LogP contribution in [0.15, 0.2) is 48.5 Å². The lowest BCUT2D eigenvalue weighted by Gasteiger charge is -2.35. The summed E-state index contributed by atoms with van der Waals surface area (Å²) in [7, 11) is 0. The fourth-order valence-corrected chi connectivity index (χ4v) is 3.36. The van der Waals surface area contributed by atoms with Crippen molar-refractivity contribution in [2.24, 2.45) is 0 Å². The number of nitrogens with zero attached hydrogens (tertiary/aromatic N) is 2. The molecule has 0 unspecified atom stereocenters. The van der Waals surface area contributed by atoms with E-state index in [1.54, 1.807) is 36.4 Å². The third kappa shape index (κ3) is 4.48. The van der Waals surface area contributed by atoms with Gasteiger partial charge in [0.2, 0.25) is 0 Å². The first-order chi connectivity index (χ1) is 13.5. The number of hydrogen-bond acceptors (Lipinski definition) is 4. The lowest BCUT2D eigenvalue weighted by atomic mass is 10.1. The molecule has 0 saturated carbocycles. The lowest BCUT2D eigenvalue weighted by Crippen LogP contribution is -2.46. The van der Waals surface area contributed by atoms with Crippen LogP contribution in [0, 0.1) is 5.82 Å². The molecule has 0 aliphatic carbocycles. The summed E-state index contributed by atoms with van der Waals surface area (Å²) < 4.78 is 14.6. The second kappa shape index (κ2) is 8.84. The average molecular weight is 385 g/mol. The minimum absolute atomic E-state index is 0.0932. The van der Waals surface area contributed by atoms with E-state index in [0.29, 0.717) is 11.3 Å². The molecule has 7 heteroatoms. The molecule has 0 aromatic heterocycles. The third-order valence-electron chi connectivity index (χ3n) is 5.03. The van der Waals surface area contributed by atoms with E-state index in [2.05, 4.69) is 17.1 Å². The van der Waals surface area contributed by atoms with E-state index in [1.807, 2.05) is 4.90 Å². The molecule has 148 valence electrons. The number of likely N-dealkylation sites (N-methyl/N-ethyl adjacent to an activating group) is 1. The number of halogens is 1. The van der Waals surface area contributed by atoms with Crippen LogP contribution >= 0.6 is 0 Å². The molecule has 1 amide bonds. The number of aliphatic carboxylic acids is 1. The van der Waals surface area contributed by atoms with Crippen LogP contribution in [0.4, 0.5) is 10.1 Å². The van der Waals surface area contributed by atoms with Gasteiger partial charge in [0.05, 0.1) is 5.69 Å². The number of anilines is 1. The molecular formula is C21H24FN3O3. The maximum atomic E-state index is 14.6. The van der Waals surface area contributed by atoms with Crippen molar-refractivity contribution < 1.29 is 19.1 Å².